The van der Waals surface area contributed by atoms with E-state index in [1.165, 1.54) is 6.42 Å². The molecule has 0 spiro atoms. The van der Waals surface area contributed by atoms with Crippen molar-refractivity contribution in [3.05, 3.63) is 0 Å². The van der Waals surface area contributed by atoms with Crippen LogP contribution in [-0.4, -0.2) is 41.8 Å². The lowest BCUT2D eigenvalue weighted by Crippen LogP contribution is -2.36. The van der Waals surface area contributed by atoms with E-state index in [1.807, 2.05) is 0 Å². The van der Waals surface area contributed by atoms with Crippen LogP contribution in [0.1, 0.15) is 26.2 Å². The molecular formula is C9H20N2O. The monoisotopic (exact) mass is 172 g/mol. The molecule has 2 unspecified atom stereocenters. The lowest BCUT2D eigenvalue weighted by molar-refractivity contribution is 0.157. The van der Waals surface area contributed by atoms with Crippen molar-refractivity contribution in [1.29, 1.82) is 0 Å². The average molecular weight is 172 g/mol. The van der Waals surface area contributed by atoms with Crippen LogP contribution >= 0.6 is 0 Å². The summed E-state index contributed by atoms with van der Waals surface area (Å²) in [4.78, 5) is 2.33. The van der Waals surface area contributed by atoms with E-state index in [9.17, 15) is 0 Å². The molecule has 12 heavy (non-hydrogen) atoms. The van der Waals surface area contributed by atoms with E-state index >= 15 is 0 Å². The fourth-order valence-electron chi connectivity index (χ4n) is 2.05. The minimum absolute atomic E-state index is 0.263. The minimum atomic E-state index is 0.263. The fourth-order valence-corrected chi connectivity index (χ4v) is 2.05. The first-order chi connectivity index (χ1) is 5.77. The van der Waals surface area contributed by atoms with Crippen LogP contribution in [0.3, 0.4) is 0 Å². The number of hydrogen-bond donors (Lipinski definition) is 2. The van der Waals surface area contributed by atoms with Gasteiger partial charge in [0.1, 0.15) is 0 Å². The normalized spacial score (nSPS) is 30.0. The third-order valence-corrected chi connectivity index (χ3v) is 2.76. The van der Waals surface area contributed by atoms with Crippen molar-refractivity contribution in [2.24, 2.45) is 5.73 Å². The second kappa shape index (κ2) is 4.80. The summed E-state index contributed by atoms with van der Waals surface area (Å²) in [5.74, 6) is 0. The largest absolute Gasteiger partial charge is 0.395 e. The highest BCUT2D eigenvalue weighted by molar-refractivity contribution is 4.84. The Kier molecular flexibility index (Phi) is 3.98. The molecule has 2 atom stereocenters. The molecule has 0 aromatic carbocycles. The van der Waals surface area contributed by atoms with E-state index in [0.717, 1.165) is 25.9 Å². The van der Waals surface area contributed by atoms with Crippen molar-refractivity contribution >= 4 is 0 Å². The Morgan fingerprint density at radius 1 is 1.50 bits per heavy atom. The standard InChI is InChI=1S/C9H20N2O/c1-2-11(5-6-12)9-4-3-8(10)7-9/h8-9,12H,2-7,10H2,1H3. The topological polar surface area (TPSA) is 49.5 Å². The van der Waals surface area contributed by atoms with E-state index in [-0.39, 0.29) is 6.61 Å². The van der Waals surface area contributed by atoms with Gasteiger partial charge in [-0.15, -0.1) is 0 Å². The maximum absolute atomic E-state index is 8.82. The van der Waals surface area contributed by atoms with Crippen LogP contribution < -0.4 is 5.73 Å². The molecule has 0 aromatic rings. The van der Waals surface area contributed by atoms with E-state index in [0.29, 0.717) is 12.1 Å². The molecular weight excluding hydrogens is 152 g/mol. The highest BCUT2D eigenvalue weighted by Gasteiger charge is 2.25. The predicted molar refractivity (Wildman–Crippen MR) is 49.9 cm³/mol. The third kappa shape index (κ3) is 2.44. The summed E-state index contributed by atoms with van der Waals surface area (Å²) in [5.41, 5.74) is 5.82. The molecule has 1 aliphatic carbocycles. The first-order valence-corrected chi connectivity index (χ1v) is 4.88. The number of nitrogens with zero attached hydrogens (tertiary/aromatic N) is 1. The van der Waals surface area contributed by atoms with E-state index in [2.05, 4.69) is 11.8 Å². The van der Waals surface area contributed by atoms with Crippen molar-refractivity contribution in [2.45, 2.75) is 38.3 Å². The zero-order valence-corrected chi connectivity index (χ0v) is 7.87. The maximum Gasteiger partial charge on any atom is 0.0558 e. The first kappa shape index (κ1) is 9.96. The van der Waals surface area contributed by atoms with Gasteiger partial charge < -0.3 is 10.8 Å². The zero-order valence-electron chi connectivity index (χ0n) is 7.87. The highest BCUT2D eigenvalue weighted by atomic mass is 16.3. The van der Waals surface area contributed by atoms with Crippen molar-refractivity contribution in [3.63, 3.8) is 0 Å². The maximum atomic E-state index is 8.82. The van der Waals surface area contributed by atoms with Crippen molar-refractivity contribution in [2.75, 3.05) is 19.7 Å². The van der Waals surface area contributed by atoms with Gasteiger partial charge in [-0.05, 0) is 25.8 Å². The molecule has 1 fully saturated rings. The Hall–Kier alpha value is -0.120. The SMILES string of the molecule is CCN(CCO)C1CCC(N)C1. The van der Waals surface area contributed by atoms with Gasteiger partial charge in [0.05, 0.1) is 6.61 Å². The first-order valence-electron chi connectivity index (χ1n) is 4.88. The van der Waals surface area contributed by atoms with Gasteiger partial charge in [-0.2, -0.15) is 0 Å². The number of aliphatic hydroxyl groups excluding tert-OH is 1. The summed E-state index contributed by atoms with van der Waals surface area (Å²) in [6.07, 6.45) is 3.45. The van der Waals surface area contributed by atoms with E-state index in [1.54, 1.807) is 0 Å². The summed E-state index contributed by atoms with van der Waals surface area (Å²) in [7, 11) is 0. The number of nitrogens with two attached hydrogens (primary N) is 1. The number of hydrogen-bond acceptors (Lipinski definition) is 3. The van der Waals surface area contributed by atoms with Crippen molar-refractivity contribution in [3.8, 4) is 0 Å². The molecule has 0 radical (unpaired) electrons. The fraction of sp³-hybridized carbons (Fsp3) is 1.00. The second-order valence-electron chi connectivity index (χ2n) is 3.58. The summed E-state index contributed by atoms with van der Waals surface area (Å²) in [6.45, 7) is 4.23. The van der Waals surface area contributed by atoms with Crippen LogP contribution in [0.4, 0.5) is 0 Å². The molecule has 1 rings (SSSR count). The van der Waals surface area contributed by atoms with Gasteiger partial charge in [0.2, 0.25) is 0 Å². The van der Waals surface area contributed by atoms with Crippen LogP contribution in [-0.2, 0) is 0 Å². The Bertz CT molecular complexity index is 128. The van der Waals surface area contributed by atoms with Gasteiger partial charge >= 0.3 is 0 Å². The van der Waals surface area contributed by atoms with E-state index < -0.39 is 0 Å². The lowest BCUT2D eigenvalue weighted by atomic mass is 10.2. The number of likely N-dealkylation sites (N-methyl/N-ethyl adjacent to an activating group) is 1. The molecule has 0 saturated heterocycles. The van der Waals surface area contributed by atoms with Crippen LogP contribution in [0.15, 0.2) is 0 Å². The summed E-state index contributed by atoms with van der Waals surface area (Å²) < 4.78 is 0. The molecule has 1 aliphatic rings. The van der Waals surface area contributed by atoms with Gasteiger partial charge in [0, 0.05) is 18.6 Å². The average Bonchev–Trinajstić information content (AvgIpc) is 2.47. The van der Waals surface area contributed by atoms with Gasteiger partial charge in [-0.25, -0.2) is 0 Å². The van der Waals surface area contributed by atoms with Crippen LogP contribution in [0.2, 0.25) is 0 Å². The number of aliphatic hydroxyl groups is 1. The Balaban J connectivity index is 2.33. The highest BCUT2D eigenvalue weighted by Crippen LogP contribution is 2.22. The second-order valence-corrected chi connectivity index (χ2v) is 3.58. The summed E-state index contributed by atoms with van der Waals surface area (Å²) in [6, 6.07) is 1.01. The van der Waals surface area contributed by atoms with Crippen molar-refractivity contribution < 1.29 is 5.11 Å². The van der Waals surface area contributed by atoms with Gasteiger partial charge in [0.15, 0.2) is 0 Å². The van der Waals surface area contributed by atoms with Gasteiger partial charge in [-0.3, -0.25) is 4.90 Å². The lowest BCUT2D eigenvalue weighted by Gasteiger charge is -2.26. The minimum Gasteiger partial charge on any atom is -0.395 e. The molecule has 0 aliphatic heterocycles. The molecule has 3 heteroatoms. The summed E-state index contributed by atoms with van der Waals surface area (Å²) in [5, 5.41) is 8.82. The summed E-state index contributed by atoms with van der Waals surface area (Å²) >= 11 is 0. The van der Waals surface area contributed by atoms with Crippen LogP contribution in [0, 0.1) is 0 Å². The van der Waals surface area contributed by atoms with Crippen molar-refractivity contribution in [1.82, 2.24) is 4.90 Å². The Morgan fingerprint density at radius 3 is 2.67 bits per heavy atom. The van der Waals surface area contributed by atoms with Gasteiger partial charge in [-0.1, -0.05) is 6.92 Å². The Labute approximate surface area is 74.5 Å². The molecule has 1 saturated carbocycles. The molecule has 0 heterocycles. The molecule has 0 bridgehead atoms. The quantitative estimate of drug-likeness (QED) is 0.636. The zero-order chi connectivity index (χ0) is 8.97. The third-order valence-electron chi connectivity index (χ3n) is 2.76. The molecule has 0 aromatic heterocycles. The molecule has 3 nitrogen and oxygen atoms in total. The van der Waals surface area contributed by atoms with E-state index in [4.69, 9.17) is 10.8 Å². The molecule has 72 valence electrons. The van der Waals surface area contributed by atoms with Crippen LogP contribution in [0.5, 0.6) is 0 Å². The predicted octanol–water partition coefficient (Wildman–Crippen LogP) is 0.180. The number of rotatable bonds is 4. The smallest absolute Gasteiger partial charge is 0.0558 e. The van der Waals surface area contributed by atoms with Crippen LogP contribution in [0.25, 0.3) is 0 Å². The molecule has 3 N–H and O–H groups in total. The molecule has 0 amide bonds. The van der Waals surface area contributed by atoms with Gasteiger partial charge in [0.25, 0.3) is 0 Å². The Morgan fingerprint density at radius 2 is 2.25 bits per heavy atom.